The topological polar surface area (TPSA) is 29.1 Å². The molecule has 66 valence electrons. The third-order valence-corrected chi connectivity index (χ3v) is 1.63. The predicted molar refractivity (Wildman–Crippen MR) is 47.7 cm³/mol. The summed E-state index contributed by atoms with van der Waals surface area (Å²) in [6, 6.07) is 0. The summed E-state index contributed by atoms with van der Waals surface area (Å²) in [5.74, 6) is 0. The van der Waals surface area contributed by atoms with Crippen molar-refractivity contribution < 1.29 is 4.79 Å². The summed E-state index contributed by atoms with van der Waals surface area (Å²) in [4.78, 5) is 9.91. The van der Waals surface area contributed by atoms with Gasteiger partial charge in [-0.3, -0.25) is 0 Å². The van der Waals surface area contributed by atoms with Gasteiger partial charge in [0.15, 0.2) is 0 Å². The van der Waals surface area contributed by atoms with Crippen LogP contribution in [0.4, 0.5) is 0 Å². The molecule has 0 aliphatic heterocycles. The highest BCUT2D eigenvalue weighted by Gasteiger charge is 1.87. The molecule has 0 unspecified atom stereocenters. The van der Waals surface area contributed by atoms with E-state index in [1.54, 1.807) is 0 Å². The molecule has 2 heteroatoms. The standard InChI is InChI=1S/C9H19NO/c1-2-3-4-7-10-8-5-6-9-11/h9-10H,2-8H2,1H3. The van der Waals surface area contributed by atoms with Crippen molar-refractivity contribution in [1.29, 1.82) is 0 Å². The monoisotopic (exact) mass is 157 g/mol. The van der Waals surface area contributed by atoms with E-state index in [4.69, 9.17) is 0 Å². The van der Waals surface area contributed by atoms with Crippen LogP contribution >= 0.6 is 0 Å². The van der Waals surface area contributed by atoms with Crippen LogP contribution in [0, 0.1) is 0 Å². The summed E-state index contributed by atoms with van der Waals surface area (Å²) in [7, 11) is 0. The van der Waals surface area contributed by atoms with Crippen LogP contribution in [0.2, 0.25) is 0 Å². The summed E-state index contributed by atoms with van der Waals surface area (Å²) in [5.41, 5.74) is 0. The van der Waals surface area contributed by atoms with Gasteiger partial charge in [0.25, 0.3) is 0 Å². The summed E-state index contributed by atoms with van der Waals surface area (Å²) in [6.45, 7) is 4.29. The molecule has 0 aromatic heterocycles. The van der Waals surface area contributed by atoms with E-state index >= 15 is 0 Å². The number of rotatable bonds is 8. The fourth-order valence-corrected chi connectivity index (χ4v) is 0.935. The van der Waals surface area contributed by atoms with Crippen LogP contribution in [0.15, 0.2) is 0 Å². The number of unbranched alkanes of at least 4 members (excludes halogenated alkanes) is 3. The Morgan fingerprint density at radius 3 is 2.55 bits per heavy atom. The molecule has 2 nitrogen and oxygen atoms in total. The molecule has 0 atom stereocenters. The van der Waals surface area contributed by atoms with Crippen molar-refractivity contribution in [3.63, 3.8) is 0 Å². The van der Waals surface area contributed by atoms with E-state index < -0.39 is 0 Å². The SMILES string of the molecule is CCCCCNCCCC=O. The number of hydrogen-bond donors (Lipinski definition) is 1. The van der Waals surface area contributed by atoms with Crippen molar-refractivity contribution in [3.05, 3.63) is 0 Å². The molecule has 0 heterocycles. The van der Waals surface area contributed by atoms with Gasteiger partial charge in [-0.15, -0.1) is 0 Å². The Kier molecular flexibility index (Phi) is 9.31. The Morgan fingerprint density at radius 1 is 1.18 bits per heavy atom. The average molecular weight is 157 g/mol. The van der Waals surface area contributed by atoms with E-state index in [9.17, 15) is 4.79 Å². The molecule has 0 aliphatic rings. The Labute approximate surface area is 69.4 Å². The Morgan fingerprint density at radius 2 is 1.91 bits per heavy atom. The lowest BCUT2D eigenvalue weighted by Crippen LogP contribution is -2.16. The third kappa shape index (κ3) is 9.63. The van der Waals surface area contributed by atoms with E-state index in [-0.39, 0.29) is 0 Å². The molecule has 0 spiro atoms. The first kappa shape index (κ1) is 10.6. The van der Waals surface area contributed by atoms with Gasteiger partial charge in [0.1, 0.15) is 6.29 Å². The lowest BCUT2D eigenvalue weighted by Gasteiger charge is -2.00. The summed E-state index contributed by atoms with van der Waals surface area (Å²) in [5, 5.41) is 3.30. The average Bonchev–Trinajstić information content (AvgIpc) is 2.03. The maximum absolute atomic E-state index is 9.91. The van der Waals surface area contributed by atoms with Crippen molar-refractivity contribution in [2.24, 2.45) is 0 Å². The van der Waals surface area contributed by atoms with Gasteiger partial charge in [-0.05, 0) is 25.9 Å². The minimum atomic E-state index is 0.695. The maximum Gasteiger partial charge on any atom is 0.120 e. The molecule has 0 aromatic carbocycles. The zero-order valence-corrected chi connectivity index (χ0v) is 7.44. The fourth-order valence-electron chi connectivity index (χ4n) is 0.935. The minimum absolute atomic E-state index is 0.695. The molecular weight excluding hydrogens is 138 g/mol. The van der Waals surface area contributed by atoms with Gasteiger partial charge >= 0.3 is 0 Å². The lowest BCUT2D eigenvalue weighted by atomic mass is 10.2. The number of aldehydes is 1. The van der Waals surface area contributed by atoms with Crippen LogP contribution in [-0.2, 0) is 4.79 Å². The molecule has 0 amide bonds. The van der Waals surface area contributed by atoms with Gasteiger partial charge in [-0.1, -0.05) is 19.8 Å². The smallest absolute Gasteiger partial charge is 0.120 e. The first-order valence-corrected chi connectivity index (χ1v) is 4.56. The van der Waals surface area contributed by atoms with Crippen LogP contribution in [-0.4, -0.2) is 19.4 Å². The first-order chi connectivity index (χ1) is 5.41. The van der Waals surface area contributed by atoms with Gasteiger partial charge in [0.05, 0.1) is 0 Å². The second-order valence-corrected chi connectivity index (χ2v) is 2.77. The largest absolute Gasteiger partial charge is 0.317 e. The molecule has 0 radical (unpaired) electrons. The molecule has 0 bridgehead atoms. The molecule has 0 aromatic rings. The quantitative estimate of drug-likeness (QED) is 0.429. The van der Waals surface area contributed by atoms with E-state index in [0.29, 0.717) is 6.42 Å². The third-order valence-electron chi connectivity index (χ3n) is 1.63. The van der Waals surface area contributed by atoms with Crippen molar-refractivity contribution in [2.45, 2.75) is 39.0 Å². The zero-order valence-electron chi connectivity index (χ0n) is 7.44. The van der Waals surface area contributed by atoms with Gasteiger partial charge in [-0.25, -0.2) is 0 Å². The van der Waals surface area contributed by atoms with Gasteiger partial charge in [0, 0.05) is 6.42 Å². The first-order valence-electron chi connectivity index (χ1n) is 4.56. The summed E-state index contributed by atoms with van der Waals surface area (Å²) >= 11 is 0. The van der Waals surface area contributed by atoms with Crippen LogP contribution < -0.4 is 5.32 Å². The highest BCUT2D eigenvalue weighted by Crippen LogP contribution is 1.91. The Bertz CT molecular complexity index is 83.6. The molecule has 0 aliphatic carbocycles. The highest BCUT2D eigenvalue weighted by atomic mass is 16.1. The molecule has 1 N–H and O–H groups in total. The van der Waals surface area contributed by atoms with Crippen LogP contribution in [0.5, 0.6) is 0 Å². The Balaban J connectivity index is 2.74. The number of hydrogen-bond acceptors (Lipinski definition) is 2. The van der Waals surface area contributed by atoms with E-state index in [1.807, 2.05) is 0 Å². The van der Waals surface area contributed by atoms with Crippen molar-refractivity contribution in [1.82, 2.24) is 5.32 Å². The van der Waals surface area contributed by atoms with Crippen molar-refractivity contribution >= 4 is 6.29 Å². The molecule has 0 saturated heterocycles. The normalized spacial score (nSPS) is 9.91. The number of nitrogens with one attached hydrogen (secondary N) is 1. The number of carbonyl (C=O) groups is 1. The van der Waals surface area contributed by atoms with Gasteiger partial charge in [-0.2, -0.15) is 0 Å². The lowest BCUT2D eigenvalue weighted by molar-refractivity contribution is -0.107. The van der Waals surface area contributed by atoms with Crippen LogP contribution in [0.3, 0.4) is 0 Å². The van der Waals surface area contributed by atoms with Gasteiger partial charge in [0.2, 0.25) is 0 Å². The van der Waals surface area contributed by atoms with Crippen molar-refractivity contribution in [3.8, 4) is 0 Å². The second-order valence-electron chi connectivity index (χ2n) is 2.77. The van der Waals surface area contributed by atoms with E-state index in [0.717, 1.165) is 25.8 Å². The molecule has 11 heavy (non-hydrogen) atoms. The second kappa shape index (κ2) is 9.63. The number of carbonyl (C=O) groups excluding carboxylic acids is 1. The predicted octanol–water partition coefficient (Wildman–Crippen LogP) is 1.75. The van der Waals surface area contributed by atoms with Crippen LogP contribution in [0.25, 0.3) is 0 Å². The van der Waals surface area contributed by atoms with E-state index in [1.165, 1.54) is 19.3 Å². The zero-order chi connectivity index (χ0) is 8.36. The fraction of sp³-hybridized carbons (Fsp3) is 0.889. The van der Waals surface area contributed by atoms with Gasteiger partial charge < -0.3 is 10.1 Å². The summed E-state index contributed by atoms with van der Waals surface area (Å²) < 4.78 is 0. The van der Waals surface area contributed by atoms with E-state index in [2.05, 4.69) is 12.2 Å². The maximum atomic E-state index is 9.91. The van der Waals surface area contributed by atoms with Crippen LogP contribution in [0.1, 0.15) is 39.0 Å². The molecular formula is C9H19NO. The molecule has 0 saturated carbocycles. The Hall–Kier alpha value is -0.370. The highest BCUT2D eigenvalue weighted by molar-refractivity contribution is 5.48. The summed E-state index contributed by atoms with van der Waals surface area (Å²) in [6.07, 6.45) is 6.50. The molecule has 0 rings (SSSR count). The van der Waals surface area contributed by atoms with Crippen molar-refractivity contribution in [2.75, 3.05) is 13.1 Å². The molecule has 0 fully saturated rings. The minimum Gasteiger partial charge on any atom is -0.317 e.